The Kier molecular flexibility index (Phi) is 4.73. The number of aromatic amines is 1. The molecule has 0 bridgehead atoms. The molecule has 0 spiro atoms. The van der Waals surface area contributed by atoms with Crippen LogP contribution in [-0.4, -0.2) is 43.6 Å². The summed E-state index contributed by atoms with van der Waals surface area (Å²) in [5.74, 6) is -0.364. The summed E-state index contributed by atoms with van der Waals surface area (Å²) >= 11 is 0. The lowest BCUT2D eigenvalue weighted by atomic mass is 10.1. The largest absolute Gasteiger partial charge is 0.375 e. The quantitative estimate of drug-likeness (QED) is 0.677. The molecule has 2 amide bonds. The van der Waals surface area contributed by atoms with Crippen molar-refractivity contribution in [3.63, 3.8) is 0 Å². The zero-order valence-corrected chi connectivity index (χ0v) is 11.2. The van der Waals surface area contributed by atoms with E-state index >= 15 is 0 Å². The van der Waals surface area contributed by atoms with Crippen LogP contribution in [0.5, 0.6) is 0 Å². The Hall–Kier alpha value is -2.34. The summed E-state index contributed by atoms with van der Waals surface area (Å²) < 4.78 is 4.69. The molecule has 20 heavy (non-hydrogen) atoms. The highest BCUT2D eigenvalue weighted by Crippen LogP contribution is 2.17. The van der Waals surface area contributed by atoms with Crippen molar-refractivity contribution >= 4 is 22.7 Å². The molecule has 6 heteroatoms. The number of benzene rings is 1. The Morgan fingerprint density at radius 3 is 2.75 bits per heavy atom. The molecule has 0 aliphatic rings. The first-order chi connectivity index (χ1) is 9.72. The second-order valence-electron chi connectivity index (χ2n) is 4.29. The molecule has 0 aliphatic heterocycles. The van der Waals surface area contributed by atoms with Crippen LogP contribution in [0, 0.1) is 0 Å². The van der Waals surface area contributed by atoms with Gasteiger partial charge >= 0.3 is 0 Å². The smallest absolute Gasteiger partial charge is 0.253 e. The van der Waals surface area contributed by atoms with Crippen molar-refractivity contribution in [2.24, 2.45) is 0 Å². The number of H-pyrrole nitrogens is 1. The molecule has 0 saturated carbocycles. The first kappa shape index (κ1) is 14.1. The van der Waals surface area contributed by atoms with E-state index in [2.05, 4.69) is 20.4 Å². The van der Waals surface area contributed by atoms with Gasteiger partial charge in [-0.3, -0.25) is 9.59 Å². The van der Waals surface area contributed by atoms with Crippen LogP contribution >= 0.6 is 0 Å². The highest BCUT2D eigenvalue weighted by molar-refractivity contribution is 6.06. The first-order valence-electron chi connectivity index (χ1n) is 6.32. The predicted octanol–water partition coefficient (Wildman–Crippen LogP) is 0.660. The van der Waals surface area contributed by atoms with Gasteiger partial charge in [-0.25, -0.2) is 0 Å². The molecule has 2 rings (SSSR count). The maximum atomic E-state index is 12.0. The number of amides is 2. The number of carbonyl (C=O) groups excluding carboxylic acids is 2. The summed E-state index contributed by atoms with van der Waals surface area (Å²) in [6, 6.07) is 7.60. The molecule has 106 valence electrons. The number of hydrogen-bond acceptors (Lipinski definition) is 3. The molecule has 2 aromatic rings. The van der Waals surface area contributed by atoms with Crippen LogP contribution in [0.2, 0.25) is 0 Å². The Labute approximate surface area is 116 Å². The highest BCUT2D eigenvalue weighted by atomic mass is 16.5. The minimum absolute atomic E-state index is 0.0242. The van der Waals surface area contributed by atoms with Crippen LogP contribution in [-0.2, 0) is 9.53 Å². The summed E-state index contributed by atoms with van der Waals surface area (Å²) in [7, 11) is 1.46. The van der Waals surface area contributed by atoms with Gasteiger partial charge in [0.1, 0.15) is 6.61 Å². The number of para-hydroxylation sites is 1. The summed E-state index contributed by atoms with van der Waals surface area (Å²) in [6.07, 6.45) is 1.68. The van der Waals surface area contributed by atoms with Crippen molar-refractivity contribution in [1.82, 2.24) is 15.6 Å². The van der Waals surface area contributed by atoms with Crippen molar-refractivity contribution in [2.45, 2.75) is 0 Å². The van der Waals surface area contributed by atoms with Crippen molar-refractivity contribution in [2.75, 3.05) is 26.8 Å². The maximum absolute atomic E-state index is 12.0. The zero-order chi connectivity index (χ0) is 14.4. The summed E-state index contributed by atoms with van der Waals surface area (Å²) in [5, 5.41) is 6.28. The average Bonchev–Trinajstić information content (AvgIpc) is 2.87. The Bertz CT molecular complexity index is 606. The average molecular weight is 275 g/mol. The fourth-order valence-electron chi connectivity index (χ4n) is 1.91. The van der Waals surface area contributed by atoms with Crippen LogP contribution in [0.1, 0.15) is 10.4 Å². The van der Waals surface area contributed by atoms with Crippen LogP contribution in [0.3, 0.4) is 0 Å². The molecule has 0 radical (unpaired) electrons. The topological polar surface area (TPSA) is 83.2 Å². The highest BCUT2D eigenvalue weighted by Gasteiger charge is 2.10. The number of aromatic nitrogens is 1. The van der Waals surface area contributed by atoms with Crippen LogP contribution in [0.15, 0.2) is 30.5 Å². The maximum Gasteiger partial charge on any atom is 0.253 e. The molecule has 0 unspecified atom stereocenters. The molecule has 6 nitrogen and oxygen atoms in total. The fourth-order valence-corrected chi connectivity index (χ4v) is 1.91. The second kappa shape index (κ2) is 6.72. The molecule has 1 aromatic heterocycles. The van der Waals surface area contributed by atoms with Gasteiger partial charge in [0.25, 0.3) is 5.91 Å². The summed E-state index contributed by atoms with van der Waals surface area (Å²) in [6.45, 7) is 0.764. The lowest BCUT2D eigenvalue weighted by Crippen LogP contribution is -2.36. The number of ether oxygens (including phenoxy) is 1. The van der Waals surface area contributed by atoms with Gasteiger partial charge in [0.05, 0.1) is 5.56 Å². The van der Waals surface area contributed by atoms with E-state index in [0.29, 0.717) is 18.7 Å². The molecule has 0 aliphatic carbocycles. The third-order valence-corrected chi connectivity index (χ3v) is 2.84. The Morgan fingerprint density at radius 1 is 1.20 bits per heavy atom. The van der Waals surface area contributed by atoms with Gasteiger partial charge in [0.2, 0.25) is 5.91 Å². The third-order valence-electron chi connectivity index (χ3n) is 2.84. The summed E-state index contributed by atoms with van der Waals surface area (Å²) in [4.78, 5) is 26.2. The van der Waals surface area contributed by atoms with E-state index in [9.17, 15) is 9.59 Å². The van der Waals surface area contributed by atoms with Gasteiger partial charge in [0.15, 0.2) is 0 Å². The van der Waals surface area contributed by atoms with E-state index in [0.717, 1.165) is 10.9 Å². The number of methoxy groups -OCH3 is 1. The van der Waals surface area contributed by atoms with Crippen molar-refractivity contribution in [3.05, 3.63) is 36.0 Å². The van der Waals surface area contributed by atoms with E-state index in [1.165, 1.54) is 7.11 Å². The third kappa shape index (κ3) is 3.36. The minimum atomic E-state index is -0.200. The van der Waals surface area contributed by atoms with Crippen LogP contribution in [0.4, 0.5) is 0 Å². The van der Waals surface area contributed by atoms with E-state index in [-0.39, 0.29) is 18.4 Å². The SMILES string of the molecule is COCC(=O)NCCNC(=O)c1c[nH]c2ccccc12. The molecule has 0 fully saturated rings. The van der Waals surface area contributed by atoms with Crippen molar-refractivity contribution in [3.8, 4) is 0 Å². The lowest BCUT2D eigenvalue weighted by Gasteiger charge is -2.06. The van der Waals surface area contributed by atoms with Crippen LogP contribution < -0.4 is 10.6 Å². The first-order valence-corrected chi connectivity index (χ1v) is 6.32. The predicted molar refractivity (Wildman–Crippen MR) is 75.5 cm³/mol. The molecule has 0 atom stereocenters. The molecule has 1 heterocycles. The fraction of sp³-hybridized carbons (Fsp3) is 0.286. The Morgan fingerprint density at radius 2 is 1.95 bits per heavy atom. The molecule has 0 saturated heterocycles. The van der Waals surface area contributed by atoms with E-state index in [1.807, 2.05) is 24.3 Å². The van der Waals surface area contributed by atoms with Crippen LogP contribution in [0.25, 0.3) is 10.9 Å². The van der Waals surface area contributed by atoms with E-state index in [4.69, 9.17) is 0 Å². The number of carbonyl (C=O) groups is 2. The lowest BCUT2D eigenvalue weighted by molar-refractivity contribution is -0.124. The van der Waals surface area contributed by atoms with Crippen molar-refractivity contribution < 1.29 is 14.3 Å². The van der Waals surface area contributed by atoms with Gasteiger partial charge < -0.3 is 20.4 Å². The molecular weight excluding hydrogens is 258 g/mol. The molecule has 3 N–H and O–H groups in total. The number of hydrogen-bond donors (Lipinski definition) is 3. The minimum Gasteiger partial charge on any atom is -0.375 e. The number of nitrogens with one attached hydrogen (secondary N) is 3. The van der Waals surface area contributed by atoms with Gasteiger partial charge in [-0.05, 0) is 6.07 Å². The monoisotopic (exact) mass is 275 g/mol. The van der Waals surface area contributed by atoms with E-state index < -0.39 is 0 Å². The van der Waals surface area contributed by atoms with Crippen molar-refractivity contribution in [1.29, 1.82) is 0 Å². The van der Waals surface area contributed by atoms with Gasteiger partial charge in [-0.1, -0.05) is 18.2 Å². The van der Waals surface area contributed by atoms with Gasteiger partial charge in [0, 0.05) is 37.3 Å². The molecule has 1 aromatic carbocycles. The normalized spacial score (nSPS) is 10.4. The molecular formula is C14H17N3O3. The van der Waals surface area contributed by atoms with E-state index in [1.54, 1.807) is 6.20 Å². The summed E-state index contributed by atoms with van der Waals surface area (Å²) in [5.41, 5.74) is 1.52. The second-order valence-corrected chi connectivity index (χ2v) is 4.29. The Balaban J connectivity index is 1.85. The number of rotatable bonds is 6. The standard InChI is InChI=1S/C14H17N3O3/c1-20-9-13(18)15-6-7-16-14(19)11-8-17-12-5-3-2-4-10(11)12/h2-5,8,17H,6-7,9H2,1H3,(H,15,18)(H,16,19). The zero-order valence-electron chi connectivity index (χ0n) is 11.2. The van der Waals surface area contributed by atoms with Gasteiger partial charge in [-0.15, -0.1) is 0 Å². The number of fused-ring (bicyclic) bond motifs is 1. The van der Waals surface area contributed by atoms with Gasteiger partial charge in [-0.2, -0.15) is 0 Å².